The predicted molar refractivity (Wildman–Crippen MR) is 98.1 cm³/mol. The van der Waals surface area contributed by atoms with Crippen LogP contribution in [-0.2, 0) is 4.79 Å². The zero-order valence-corrected chi connectivity index (χ0v) is 15.8. The molecule has 0 aromatic rings. The molecular weight excluding hydrogens is 328 g/mol. The second kappa shape index (κ2) is 5.84. The number of aliphatic hydroxyl groups excluding tert-OH is 1. The van der Waals surface area contributed by atoms with E-state index in [1.807, 2.05) is 0 Å². The van der Waals surface area contributed by atoms with E-state index in [1.165, 1.54) is 5.57 Å². The third kappa shape index (κ3) is 2.40. The fourth-order valence-electron chi connectivity index (χ4n) is 7.02. The number of aliphatic hydroxyl groups is 2. The van der Waals surface area contributed by atoms with Crippen molar-refractivity contribution in [3.8, 4) is 11.8 Å². The van der Waals surface area contributed by atoms with E-state index in [4.69, 9.17) is 5.11 Å². The van der Waals surface area contributed by atoms with Gasteiger partial charge in [-0.25, -0.2) is 4.79 Å². The molecule has 4 aliphatic rings. The van der Waals surface area contributed by atoms with Gasteiger partial charge in [0.25, 0.3) is 0 Å². The molecule has 3 fully saturated rings. The average molecular weight is 358 g/mol. The first-order valence-corrected chi connectivity index (χ1v) is 10.1. The van der Waals surface area contributed by atoms with Crippen molar-refractivity contribution in [2.75, 3.05) is 0 Å². The molecule has 142 valence electrons. The van der Waals surface area contributed by atoms with Crippen molar-refractivity contribution in [2.45, 2.75) is 76.9 Å². The van der Waals surface area contributed by atoms with Crippen LogP contribution in [0.15, 0.2) is 11.6 Å². The first-order valence-electron chi connectivity index (χ1n) is 10.1. The van der Waals surface area contributed by atoms with E-state index < -0.39 is 11.6 Å². The Morgan fingerprint density at radius 2 is 1.88 bits per heavy atom. The van der Waals surface area contributed by atoms with Gasteiger partial charge >= 0.3 is 5.97 Å². The Labute approximate surface area is 155 Å². The number of rotatable bonds is 0. The highest BCUT2D eigenvalue weighted by molar-refractivity contribution is 5.86. The van der Waals surface area contributed by atoms with Crippen LogP contribution in [0.2, 0.25) is 0 Å². The van der Waals surface area contributed by atoms with Crippen LogP contribution < -0.4 is 0 Å². The van der Waals surface area contributed by atoms with Gasteiger partial charge in [0.2, 0.25) is 0 Å². The zero-order valence-electron chi connectivity index (χ0n) is 15.8. The standard InChI is InChI=1S/C22H30O4/c1-20-9-5-15(23)13-14(20)3-4-16-17(20)6-10-21(2)18(16)7-11-22(21,26)12-8-19(24)25/h3,15-18,23,26H,4-7,9-11,13H2,1-2H3,(H,24,25)/t15-,16-,17+,18+,20-,21+,22+/m0/s1. The van der Waals surface area contributed by atoms with Crippen molar-refractivity contribution < 1.29 is 20.1 Å². The van der Waals surface area contributed by atoms with Crippen molar-refractivity contribution in [1.29, 1.82) is 0 Å². The molecule has 4 aliphatic carbocycles. The van der Waals surface area contributed by atoms with Crippen molar-refractivity contribution in [2.24, 2.45) is 28.6 Å². The minimum Gasteiger partial charge on any atom is -0.472 e. The Hall–Kier alpha value is -1.31. The van der Waals surface area contributed by atoms with E-state index in [9.17, 15) is 15.0 Å². The molecule has 0 amide bonds. The Balaban J connectivity index is 1.66. The minimum atomic E-state index is -1.19. The Kier molecular flexibility index (Phi) is 4.06. The van der Waals surface area contributed by atoms with E-state index >= 15 is 0 Å². The van der Waals surface area contributed by atoms with Crippen molar-refractivity contribution in [3.05, 3.63) is 11.6 Å². The molecule has 3 N–H and O–H groups in total. The maximum atomic E-state index is 11.2. The summed E-state index contributed by atoms with van der Waals surface area (Å²) in [5.74, 6) is 5.26. The van der Waals surface area contributed by atoms with Crippen molar-refractivity contribution in [1.82, 2.24) is 0 Å². The Morgan fingerprint density at radius 1 is 1.15 bits per heavy atom. The van der Waals surface area contributed by atoms with Gasteiger partial charge in [0.1, 0.15) is 5.60 Å². The molecule has 0 radical (unpaired) electrons. The number of carboxylic acid groups (broad SMARTS) is 1. The van der Waals surface area contributed by atoms with Crippen LogP contribution >= 0.6 is 0 Å². The molecule has 4 heteroatoms. The number of aliphatic carboxylic acids is 1. The highest BCUT2D eigenvalue weighted by atomic mass is 16.4. The van der Waals surface area contributed by atoms with E-state index in [0.717, 1.165) is 44.9 Å². The van der Waals surface area contributed by atoms with Gasteiger partial charge < -0.3 is 15.3 Å². The lowest BCUT2D eigenvalue weighted by molar-refractivity contribution is -0.130. The highest BCUT2D eigenvalue weighted by Crippen LogP contribution is 2.67. The van der Waals surface area contributed by atoms with Crippen LogP contribution in [-0.4, -0.2) is 33.0 Å². The van der Waals surface area contributed by atoms with Gasteiger partial charge in [-0.05, 0) is 74.5 Å². The second-order valence-electron chi connectivity index (χ2n) is 9.57. The molecule has 0 spiro atoms. The molecule has 0 unspecified atom stereocenters. The fraction of sp³-hybridized carbons (Fsp3) is 0.773. The zero-order chi connectivity index (χ0) is 18.7. The lowest BCUT2D eigenvalue weighted by Crippen LogP contribution is -2.54. The van der Waals surface area contributed by atoms with E-state index in [0.29, 0.717) is 24.2 Å². The van der Waals surface area contributed by atoms with E-state index in [1.54, 1.807) is 0 Å². The molecule has 7 atom stereocenters. The van der Waals surface area contributed by atoms with Crippen LogP contribution in [0.1, 0.15) is 65.2 Å². The SMILES string of the molecule is C[C@]12CC[C@H](O)CC1=CC[C@H]1[C@H]2CC[C@]2(C)[C@@H]1CC[C@@]2(O)C#CC(=O)O. The third-order valence-corrected chi connectivity index (χ3v) is 8.61. The summed E-state index contributed by atoms with van der Waals surface area (Å²) in [7, 11) is 0. The van der Waals surface area contributed by atoms with E-state index in [2.05, 4.69) is 31.8 Å². The molecule has 0 aromatic heterocycles. The highest BCUT2D eigenvalue weighted by Gasteiger charge is 2.63. The van der Waals surface area contributed by atoms with E-state index in [-0.39, 0.29) is 16.9 Å². The molecular formula is C22H30O4. The van der Waals surface area contributed by atoms with Gasteiger partial charge in [-0.3, -0.25) is 0 Å². The quantitative estimate of drug-likeness (QED) is 0.459. The number of carbonyl (C=O) groups is 1. The fourth-order valence-corrected chi connectivity index (χ4v) is 7.02. The smallest absolute Gasteiger partial charge is 0.382 e. The van der Waals surface area contributed by atoms with Crippen LogP contribution in [0.25, 0.3) is 0 Å². The first-order chi connectivity index (χ1) is 12.2. The maximum absolute atomic E-state index is 11.2. The molecule has 4 rings (SSSR count). The van der Waals surface area contributed by atoms with Crippen molar-refractivity contribution in [3.63, 3.8) is 0 Å². The van der Waals surface area contributed by atoms with Gasteiger partial charge in [-0.2, -0.15) is 0 Å². The molecule has 4 nitrogen and oxygen atoms in total. The summed E-state index contributed by atoms with van der Waals surface area (Å²) in [5, 5.41) is 30.2. The molecule has 3 saturated carbocycles. The molecule has 0 aliphatic heterocycles. The number of fused-ring (bicyclic) bond motifs is 5. The molecule has 0 saturated heterocycles. The number of hydrogen-bond acceptors (Lipinski definition) is 3. The monoisotopic (exact) mass is 358 g/mol. The summed E-state index contributed by atoms with van der Waals surface area (Å²) in [4.78, 5) is 10.9. The van der Waals surface area contributed by atoms with Gasteiger partial charge in [-0.15, -0.1) is 0 Å². The second-order valence-corrected chi connectivity index (χ2v) is 9.57. The summed E-state index contributed by atoms with van der Waals surface area (Å²) >= 11 is 0. The average Bonchev–Trinajstić information content (AvgIpc) is 2.86. The largest absolute Gasteiger partial charge is 0.472 e. The van der Waals surface area contributed by atoms with Gasteiger partial charge in [0.05, 0.1) is 6.10 Å². The summed E-state index contributed by atoms with van der Waals surface area (Å²) in [5.41, 5.74) is 0.109. The lowest BCUT2D eigenvalue weighted by atomic mass is 9.47. The number of hydrogen-bond donors (Lipinski definition) is 3. The summed E-state index contributed by atoms with van der Waals surface area (Å²) in [6.45, 7) is 4.51. The normalized spacial score (nSPS) is 49.8. The summed E-state index contributed by atoms with van der Waals surface area (Å²) in [6.07, 6.45) is 9.39. The first kappa shape index (κ1) is 18.1. The van der Waals surface area contributed by atoms with Gasteiger partial charge in [0, 0.05) is 11.3 Å². The van der Waals surface area contributed by atoms with Crippen molar-refractivity contribution >= 4 is 5.97 Å². The van der Waals surface area contributed by atoms with Crippen LogP contribution in [0, 0.1) is 40.4 Å². The lowest BCUT2D eigenvalue weighted by Gasteiger charge is -2.58. The summed E-state index contributed by atoms with van der Waals surface area (Å²) < 4.78 is 0. The molecule has 26 heavy (non-hydrogen) atoms. The number of allylic oxidation sites excluding steroid dienone is 1. The van der Waals surface area contributed by atoms with Gasteiger partial charge in [-0.1, -0.05) is 31.4 Å². The maximum Gasteiger partial charge on any atom is 0.382 e. The summed E-state index contributed by atoms with van der Waals surface area (Å²) in [6, 6.07) is 0. The number of carboxylic acids is 1. The predicted octanol–water partition coefficient (Wildman–Crippen LogP) is 3.13. The Bertz CT molecular complexity index is 715. The van der Waals surface area contributed by atoms with Crippen LogP contribution in [0.4, 0.5) is 0 Å². The molecule has 0 aromatic carbocycles. The molecule has 0 heterocycles. The van der Waals surface area contributed by atoms with Crippen LogP contribution in [0.3, 0.4) is 0 Å². The third-order valence-electron chi connectivity index (χ3n) is 8.61. The van der Waals surface area contributed by atoms with Crippen LogP contribution in [0.5, 0.6) is 0 Å². The Morgan fingerprint density at radius 3 is 2.62 bits per heavy atom. The topological polar surface area (TPSA) is 77.8 Å². The molecule has 0 bridgehead atoms. The van der Waals surface area contributed by atoms with Gasteiger partial charge in [0.15, 0.2) is 0 Å². The minimum absolute atomic E-state index is 0.178.